The molecular weight excluding hydrogens is 388 g/mol. The molecule has 7 heteroatoms. The third kappa shape index (κ3) is 4.24. The van der Waals surface area contributed by atoms with Gasteiger partial charge in [0.2, 0.25) is 0 Å². The fourth-order valence-electron chi connectivity index (χ4n) is 2.94. The summed E-state index contributed by atoms with van der Waals surface area (Å²) in [4.78, 5) is 16.0. The van der Waals surface area contributed by atoms with Crippen LogP contribution in [0.1, 0.15) is 22.8 Å². The van der Waals surface area contributed by atoms with E-state index in [1.165, 1.54) is 0 Å². The summed E-state index contributed by atoms with van der Waals surface area (Å²) in [5, 5.41) is 0. The van der Waals surface area contributed by atoms with Crippen molar-refractivity contribution in [3.05, 3.63) is 71.3 Å². The van der Waals surface area contributed by atoms with Crippen LogP contribution in [0, 0.1) is 0 Å². The van der Waals surface area contributed by atoms with Gasteiger partial charge in [-0.25, -0.2) is 9.97 Å². The van der Waals surface area contributed by atoms with Crippen molar-refractivity contribution in [2.24, 2.45) is 9.50 Å². The van der Waals surface area contributed by atoms with Gasteiger partial charge >= 0.3 is 24.9 Å². The zero-order chi connectivity index (χ0) is 18.6. The third-order valence-corrected chi connectivity index (χ3v) is 4.04. The Hall–Kier alpha value is -2.96. The minimum atomic E-state index is 0.812. The fourth-order valence-corrected chi connectivity index (χ4v) is 2.94. The Balaban J connectivity index is 0.000000565. The SMILES string of the molecule is C1=Cc2cc3ccc(cc4nc(cc5ccc(cc1n2)[nH]5)C=C4)[nH]3.[NH2][Cu][NH2]. The number of hydrogen-bond acceptors (Lipinski definition) is 4. The van der Waals surface area contributed by atoms with E-state index < -0.39 is 0 Å². The van der Waals surface area contributed by atoms with E-state index in [1.807, 2.05) is 48.6 Å². The van der Waals surface area contributed by atoms with Crippen LogP contribution in [-0.4, -0.2) is 19.9 Å². The number of nitrogens with one attached hydrogen (secondary N) is 2. The van der Waals surface area contributed by atoms with Crippen LogP contribution in [0.2, 0.25) is 0 Å². The number of hydrogen-bond donors (Lipinski definition) is 4. The number of H-pyrrole nitrogens is 2. The van der Waals surface area contributed by atoms with Crippen molar-refractivity contribution in [2.45, 2.75) is 0 Å². The van der Waals surface area contributed by atoms with E-state index >= 15 is 0 Å². The average Bonchev–Trinajstić information content (AvgIpc) is 3.41. The molecule has 0 atom stereocenters. The van der Waals surface area contributed by atoms with Crippen LogP contribution in [0.5, 0.6) is 0 Å². The molecule has 3 aromatic heterocycles. The molecule has 0 unspecified atom stereocenters. The molecule has 27 heavy (non-hydrogen) atoms. The van der Waals surface area contributed by atoms with Crippen molar-refractivity contribution in [3.63, 3.8) is 0 Å². The zero-order valence-corrected chi connectivity index (χ0v) is 15.2. The standard InChI is InChI=1S/C20H14N4.Cu.2H2N/c1-2-14-10-16-5-6-18(23-16)12-20-8-7-19(24-20)11-17-4-3-15(22-17)9-13(1)21-14;;;/h1-12,21,24H;;2*1H2/q;+2;2*-1. The molecule has 2 aliphatic heterocycles. The fraction of sp³-hybridized carbons (Fsp3) is 0. The Morgan fingerprint density at radius 3 is 1.07 bits per heavy atom. The summed E-state index contributed by atoms with van der Waals surface area (Å²) in [6, 6.07) is 16.4. The number of aromatic nitrogens is 4. The van der Waals surface area contributed by atoms with E-state index in [2.05, 4.69) is 53.7 Å². The van der Waals surface area contributed by atoms with Gasteiger partial charge in [-0.1, -0.05) is 0 Å². The maximum atomic E-state index is 4.63. The molecule has 8 bridgehead atoms. The first-order valence-corrected chi connectivity index (χ1v) is 9.28. The summed E-state index contributed by atoms with van der Waals surface area (Å²) < 4.78 is 9.06. The first kappa shape index (κ1) is 17.5. The number of nitrogens with zero attached hydrogens (tertiary/aromatic N) is 2. The van der Waals surface area contributed by atoms with Gasteiger partial charge in [-0.2, -0.15) is 0 Å². The van der Waals surface area contributed by atoms with Crippen LogP contribution in [0.15, 0.2) is 48.5 Å². The van der Waals surface area contributed by atoms with Crippen molar-refractivity contribution in [3.8, 4) is 0 Å². The van der Waals surface area contributed by atoms with E-state index in [4.69, 9.17) is 0 Å². The van der Waals surface area contributed by atoms with Gasteiger partial charge in [0.1, 0.15) is 0 Å². The molecule has 0 fully saturated rings. The van der Waals surface area contributed by atoms with E-state index in [1.54, 1.807) is 0 Å². The van der Waals surface area contributed by atoms with Crippen LogP contribution in [-0.2, 0) is 15.4 Å². The van der Waals surface area contributed by atoms with Crippen molar-refractivity contribution >= 4 is 46.4 Å². The second-order valence-electron chi connectivity index (χ2n) is 6.01. The quantitative estimate of drug-likeness (QED) is 0.296. The monoisotopic (exact) mass is 405 g/mol. The zero-order valence-electron chi connectivity index (χ0n) is 14.3. The van der Waals surface area contributed by atoms with Gasteiger partial charge < -0.3 is 9.97 Å². The van der Waals surface area contributed by atoms with Gasteiger partial charge in [0.05, 0.1) is 22.8 Å². The maximum absolute atomic E-state index is 4.63. The molecule has 6 N–H and O–H groups in total. The molecule has 0 saturated heterocycles. The summed E-state index contributed by atoms with van der Waals surface area (Å²) >= 11 is 0.812. The van der Waals surface area contributed by atoms with Crippen molar-refractivity contribution in [1.29, 1.82) is 0 Å². The Labute approximate surface area is 162 Å². The topological polar surface area (TPSA) is 109 Å². The molecule has 5 heterocycles. The van der Waals surface area contributed by atoms with E-state index in [-0.39, 0.29) is 0 Å². The number of nitrogens with two attached hydrogens (primary N) is 2. The molecule has 2 aliphatic rings. The molecule has 0 saturated carbocycles. The van der Waals surface area contributed by atoms with E-state index in [0.717, 1.165) is 60.2 Å². The van der Waals surface area contributed by atoms with Crippen LogP contribution < -0.4 is 9.50 Å². The molecule has 0 spiro atoms. The van der Waals surface area contributed by atoms with Gasteiger partial charge in [-0.3, -0.25) is 0 Å². The Morgan fingerprint density at radius 1 is 0.556 bits per heavy atom. The number of fused-ring (bicyclic) bond motifs is 8. The van der Waals surface area contributed by atoms with Crippen LogP contribution in [0.25, 0.3) is 46.4 Å². The normalized spacial score (nSPS) is 12.1. The van der Waals surface area contributed by atoms with Crippen LogP contribution in [0.4, 0.5) is 0 Å². The summed E-state index contributed by atoms with van der Waals surface area (Å²) in [5.74, 6) is 0. The Bertz CT molecular complexity index is 1010. The molecule has 3 aromatic rings. The van der Waals surface area contributed by atoms with Crippen molar-refractivity contribution in [2.75, 3.05) is 0 Å². The van der Waals surface area contributed by atoms with Crippen molar-refractivity contribution in [1.82, 2.24) is 19.9 Å². The molecule has 0 aliphatic carbocycles. The molecule has 139 valence electrons. The molecule has 0 amide bonds. The molecular formula is C20H18CuN6. The van der Waals surface area contributed by atoms with Crippen LogP contribution in [0.3, 0.4) is 0 Å². The third-order valence-electron chi connectivity index (χ3n) is 4.04. The summed E-state index contributed by atoms with van der Waals surface area (Å²) in [5.41, 5.74) is 7.86. The predicted octanol–water partition coefficient (Wildman–Crippen LogP) is 3.47. The number of aromatic amines is 2. The molecule has 6 nitrogen and oxygen atoms in total. The minimum absolute atomic E-state index is 0.812. The second-order valence-corrected chi connectivity index (χ2v) is 6.32. The first-order chi connectivity index (χ1) is 13.2. The summed E-state index contributed by atoms with van der Waals surface area (Å²) in [6.45, 7) is 0. The Kier molecular flexibility index (Phi) is 5.00. The summed E-state index contributed by atoms with van der Waals surface area (Å²) in [6.07, 6.45) is 8.09. The van der Waals surface area contributed by atoms with Crippen molar-refractivity contribution < 1.29 is 15.4 Å². The predicted molar refractivity (Wildman–Crippen MR) is 107 cm³/mol. The van der Waals surface area contributed by atoms with Gasteiger partial charge in [0.25, 0.3) is 0 Å². The Morgan fingerprint density at radius 2 is 0.815 bits per heavy atom. The van der Waals surface area contributed by atoms with Gasteiger partial charge in [0.15, 0.2) is 0 Å². The molecule has 0 radical (unpaired) electrons. The molecule has 0 aromatic carbocycles. The number of rotatable bonds is 0. The summed E-state index contributed by atoms with van der Waals surface area (Å²) in [7, 11) is 0. The first-order valence-electron chi connectivity index (χ1n) is 8.19. The van der Waals surface area contributed by atoms with Crippen LogP contribution >= 0.6 is 0 Å². The average molecular weight is 406 g/mol. The second kappa shape index (κ2) is 7.73. The van der Waals surface area contributed by atoms with Gasteiger partial charge in [-0.15, -0.1) is 0 Å². The molecule has 5 rings (SSSR count). The van der Waals surface area contributed by atoms with Gasteiger partial charge in [0, 0.05) is 22.1 Å². The van der Waals surface area contributed by atoms with E-state index in [0.29, 0.717) is 0 Å². The van der Waals surface area contributed by atoms with E-state index in [9.17, 15) is 0 Å². The van der Waals surface area contributed by atoms with Gasteiger partial charge in [-0.05, 0) is 72.8 Å².